The first kappa shape index (κ1) is 14.8. The zero-order valence-electron chi connectivity index (χ0n) is 10.0. The first-order valence-corrected chi connectivity index (χ1v) is 9.33. The van der Waals surface area contributed by atoms with E-state index in [2.05, 4.69) is 15.9 Å². The first-order chi connectivity index (χ1) is 8.45. The normalized spacial score (nSPS) is 16.4. The Labute approximate surface area is 125 Å². The zero-order chi connectivity index (χ0) is 13.3. The Hall–Kier alpha value is 0.380. The van der Waals surface area contributed by atoms with Crippen LogP contribution in [0, 0.1) is 5.92 Å². The molecule has 1 saturated carbocycles. The van der Waals surface area contributed by atoms with Gasteiger partial charge in [-0.3, -0.25) is 0 Å². The molecule has 2 rings (SSSR count). The topological polar surface area (TPSA) is 37.4 Å². The summed E-state index contributed by atoms with van der Waals surface area (Å²) in [4.78, 5) is 0. The van der Waals surface area contributed by atoms with Gasteiger partial charge in [0, 0.05) is 13.1 Å². The van der Waals surface area contributed by atoms with E-state index >= 15 is 0 Å². The van der Waals surface area contributed by atoms with E-state index in [1.165, 1.54) is 17.4 Å². The number of hydrogen-bond donors (Lipinski definition) is 0. The van der Waals surface area contributed by atoms with Crippen LogP contribution in [0.15, 0.2) is 14.1 Å². The smallest absolute Gasteiger partial charge is 0.206 e. The van der Waals surface area contributed by atoms with Gasteiger partial charge in [-0.25, -0.2) is 8.42 Å². The third kappa shape index (κ3) is 3.28. The third-order valence-electron chi connectivity index (χ3n) is 2.85. The van der Waals surface area contributed by atoms with Crippen molar-refractivity contribution in [3.63, 3.8) is 0 Å². The van der Waals surface area contributed by atoms with Gasteiger partial charge in [-0.2, -0.15) is 4.31 Å². The van der Waals surface area contributed by atoms with Crippen molar-refractivity contribution in [2.45, 2.75) is 30.4 Å². The first-order valence-electron chi connectivity index (χ1n) is 5.90. The highest BCUT2D eigenvalue weighted by Gasteiger charge is 2.32. The van der Waals surface area contributed by atoms with Crippen LogP contribution < -0.4 is 0 Å². The predicted molar refractivity (Wildman–Crippen MR) is 78.8 cm³/mol. The Balaban J connectivity index is 2.25. The molecule has 7 heteroatoms. The van der Waals surface area contributed by atoms with Gasteiger partial charge in [0.15, 0.2) is 0 Å². The van der Waals surface area contributed by atoms with Gasteiger partial charge in [-0.05, 0) is 47.2 Å². The summed E-state index contributed by atoms with van der Waals surface area (Å²) in [6.45, 7) is 3.21. The molecule has 0 amide bonds. The summed E-state index contributed by atoms with van der Waals surface area (Å²) in [5, 5.41) is 0.460. The van der Waals surface area contributed by atoms with Crippen LogP contribution in [0.25, 0.3) is 0 Å². The van der Waals surface area contributed by atoms with E-state index in [-0.39, 0.29) is 0 Å². The van der Waals surface area contributed by atoms with Crippen LogP contribution in [-0.2, 0) is 10.0 Å². The molecule has 0 saturated heterocycles. The number of thiophene rings is 1. The fraction of sp³-hybridized carbons (Fsp3) is 0.636. The van der Waals surface area contributed by atoms with Gasteiger partial charge in [0.1, 0.15) is 4.21 Å². The minimum absolute atomic E-state index is 0.327. The summed E-state index contributed by atoms with van der Waals surface area (Å²) in [6, 6.07) is 1.53. The minimum atomic E-state index is -3.38. The molecule has 1 aliphatic carbocycles. The van der Waals surface area contributed by atoms with Crippen molar-refractivity contribution in [1.82, 2.24) is 4.31 Å². The largest absolute Gasteiger partial charge is 0.252 e. The molecule has 1 aromatic rings. The van der Waals surface area contributed by atoms with Crippen molar-refractivity contribution >= 4 is 48.9 Å². The number of nitrogens with zero attached hydrogens (tertiary/aromatic N) is 1. The highest BCUT2D eigenvalue weighted by atomic mass is 79.9. The van der Waals surface area contributed by atoms with Crippen LogP contribution >= 0.6 is 38.9 Å². The van der Waals surface area contributed by atoms with Gasteiger partial charge in [0.2, 0.25) is 0 Å². The summed E-state index contributed by atoms with van der Waals surface area (Å²) in [6.07, 6.45) is 3.11. The Morgan fingerprint density at radius 3 is 2.67 bits per heavy atom. The van der Waals surface area contributed by atoms with Gasteiger partial charge in [-0.1, -0.05) is 18.5 Å². The maximum absolute atomic E-state index is 12.5. The molecule has 0 aliphatic heterocycles. The van der Waals surface area contributed by atoms with Crippen LogP contribution in [0.2, 0.25) is 5.02 Å². The molecule has 1 aromatic heterocycles. The number of halogens is 2. The van der Waals surface area contributed by atoms with Gasteiger partial charge < -0.3 is 0 Å². The van der Waals surface area contributed by atoms with E-state index in [0.717, 1.165) is 19.3 Å². The van der Waals surface area contributed by atoms with Crippen molar-refractivity contribution in [2.24, 2.45) is 5.92 Å². The lowest BCUT2D eigenvalue weighted by Gasteiger charge is -2.20. The van der Waals surface area contributed by atoms with Crippen LogP contribution in [0.1, 0.15) is 26.2 Å². The molecular weight excluding hydrogens is 358 g/mol. The lowest BCUT2D eigenvalue weighted by atomic mass is 10.4. The Morgan fingerprint density at radius 2 is 2.22 bits per heavy atom. The van der Waals surface area contributed by atoms with E-state index in [4.69, 9.17) is 11.6 Å². The quantitative estimate of drug-likeness (QED) is 0.757. The average molecular weight is 373 g/mol. The van der Waals surface area contributed by atoms with E-state index in [1.807, 2.05) is 6.92 Å². The predicted octanol–water partition coefficient (Wildman–Crippen LogP) is 3.97. The molecule has 1 aliphatic rings. The highest BCUT2D eigenvalue weighted by molar-refractivity contribution is 9.11. The minimum Gasteiger partial charge on any atom is -0.206 e. The van der Waals surface area contributed by atoms with Crippen LogP contribution in [0.5, 0.6) is 0 Å². The highest BCUT2D eigenvalue weighted by Crippen LogP contribution is 2.37. The molecule has 3 nitrogen and oxygen atoms in total. The number of hydrogen-bond acceptors (Lipinski definition) is 3. The molecule has 1 fully saturated rings. The van der Waals surface area contributed by atoms with E-state index in [0.29, 0.717) is 32.0 Å². The van der Waals surface area contributed by atoms with Crippen molar-refractivity contribution in [1.29, 1.82) is 0 Å². The monoisotopic (exact) mass is 371 g/mol. The van der Waals surface area contributed by atoms with Gasteiger partial charge >= 0.3 is 0 Å². The summed E-state index contributed by atoms with van der Waals surface area (Å²) in [5.41, 5.74) is 0. The van der Waals surface area contributed by atoms with Crippen molar-refractivity contribution in [3.05, 3.63) is 14.9 Å². The number of rotatable bonds is 6. The van der Waals surface area contributed by atoms with Crippen LogP contribution in [-0.4, -0.2) is 25.8 Å². The Morgan fingerprint density at radius 1 is 1.56 bits per heavy atom. The second-order valence-electron chi connectivity index (χ2n) is 4.49. The van der Waals surface area contributed by atoms with Crippen LogP contribution in [0.3, 0.4) is 0 Å². The standard InChI is InChI=1S/C11H15BrClNO2S2/c1-2-5-14(7-8-3-4-8)18(15,16)10-6-9(13)11(12)17-10/h6,8H,2-5,7H2,1H3. The molecule has 0 atom stereocenters. The molecular formula is C11H15BrClNO2S2. The second-order valence-corrected chi connectivity index (χ2v) is 9.44. The summed E-state index contributed by atoms with van der Waals surface area (Å²) >= 11 is 10.4. The summed E-state index contributed by atoms with van der Waals surface area (Å²) in [7, 11) is -3.38. The lowest BCUT2D eigenvalue weighted by Crippen LogP contribution is -2.33. The van der Waals surface area contributed by atoms with Crippen LogP contribution in [0.4, 0.5) is 0 Å². The fourth-order valence-electron chi connectivity index (χ4n) is 1.73. The molecule has 0 aromatic carbocycles. The van der Waals surface area contributed by atoms with Gasteiger partial charge in [0.25, 0.3) is 10.0 Å². The second kappa shape index (κ2) is 5.79. The summed E-state index contributed by atoms with van der Waals surface area (Å²) in [5.74, 6) is 0.546. The van der Waals surface area contributed by atoms with E-state index in [1.54, 1.807) is 4.31 Å². The SMILES string of the molecule is CCCN(CC1CC1)S(=O)(=O)c1cc(Cl)c(Br)s1. The molecule has 1 heterocycles. The molecule has 0 unspecified atom stereocenters. The average Bonchev–Trinajstić information content (AvgIpc) is 3.05. The molecule has 18 heavy (non-hydrogen) atoms. The Bertz CT molecular complexity index is 506. The van der Waals surface area contributed by atoms with Crippen molar-refractivity contribution in [2.75, 3.05) is 13.1 Å². The maximum atomic E-state index is 12.5. The summed E-state index contributed by atoms with van der Waals surface area (Å²) < 4.78 is 27.6. The zero-order valence-corrected chi connectivity index (χ0v) is 14.0. The molecule has 0 bridgehead atoms. The third-order valence-corrected chi connectivity index (χ3v) is 7.64. The van der Waals surface area contributed by atoms with E-state index in [9.17, 15) is 8.42 Å². The Kier molecular flexibility index (Phi) is 4.75. The maximum Gasteiger partial charge on any atom is 0.252 e. The lowest BCUT2D eigenvalue weighted by molar-refractivity contribution is 0.397. The van der Waals surface area contributed by atoms with E-state index < -0.39 is 10.0 Å². The van der Waals surface area contributed by atoms with Gasteiger partial charge in [-0.15, -0.1) is 11.3 Å². The molecule has 0 N–H and O–H groups in total. The molecule has 0 radical (unpaired) electrons. The van der Waals surface area contributed by atoms with Gasteiger partial charge in [0.05, 0.1) is 8.81 Å². The fourth-order valence-corrected chi connectivity index (χ4v) is 5.89. The molecule has 102 valence electrons. The van der Waals surface area contributed by atoms with Crippen molar-refractivity contribution in [3.8, 4) is 0 Å². The van der Waals surface area contributed by atoms with Crippen molar-refractivity contribution < 1.29 is 8.42 Å². The number of sulfonamides is 1. The molecule has 0 spiro atoms.